The molecule has 23 heavy (non-hydrogen) atoms. The first-order chi connectivity index (χ1) is 11.1. The predicted octanol–water partition coefficient (Wildman–Crippen LogP) is 3.55. The number of methoxy groups -OCH3 is 1. The van der Waals surface area contributed by atoms with Gasteiger partial charge in [-0.2, -0.15) is 0 Å². The Balaban J connectivity index is 1.89. The zero-order chi connectivity index (χ0) is 16.7. The first-order valence-electron chi connectivity index (χ1n) is 7.83. The van der Waals surface area contributed by atoms with Gasteiger partial charge in [-0.05, 0) is 23.6 Å². The Morgan fingerprint density at radius 2 is 1.78 bits per heavy atom. The number of carbonyl (C=O) groups is 1. The van der Waals surface area contributed by atoms with E-state index in [0.717, 1.165) is 22.6 Å². The fourth-order valence-electron chi connectivity index (χ4n) is 2.47. The number of carbonyl (C=O) groups excluding carboxylic acids is 1. The Morgan fingerprint density at radius 3 is 2.52 bits per heavy atom. The molecule has 122 valence electrons. The van der Waals surface area contributed by atoms with E-state index in [0.29, 0.717) is 12.5 Å². The summed E-state index contributed by atoms with van der Waals surface area (Å²) < 4.78 is 5.30. The van der Waals surface area contributed by atoms with Crippen LogP contribution in [0.1, 0.15) is 30.9 Å². The molecule has 0 saturated carbocycles. The summed E-state index contributed by atoms with van der Waals surface area (Å²) in [5.74, 6) is 1.14. The topological polar surface area (TPSA) is 50.4 Å². The zero-order valence-electron chi connectivity index (χ0n) is 13.9. The van der Waals surface area contributed by atoms with Crippen molar-refractivity contribution in [1.82, 2.24) is 5.32 Å². The summed E-state index contributed by atoms with van der Waals surface area (Å²) in [4.78, 5) is 12.1. The van der Waals surface area contributed by atoms with Crippen LogP contribution in [0.2, 0.25) is 0 Å². The molecule has 2 aromatic rings. The van der Waals surface area contributed by atoms with Gasteiger partial charge in [0.05, 0.1) is 13.7 Å². The molecule has 0 bridgehead atoms. The number of anilines is 1. The minimum absolute atomic E-state index is 0.0482. The summed E-state index contributed by atoms with van der Waals surface area (Å²) in [6.07, 6.45) is 0. The highest BCUT2D eigenvalue weighted by Crippen LogP contribution is 2.23. The smallest absolute Gasteiger partial charge is 0.238 e. The number of para-hydroxylation sites is 2. The molecular weight excluding hydrogens is 288 g/mol. The quantitative estimate of drug-likeness (QED) is 0.822. The number of hydrogen-bond acceptors (Lipinski definition) is 3. The van der Waals surface area contributed by atoms with Gasteiger partial charge in [-0.1, -0.05) is 50.2 Å². The molecule has 4 heteroatoms. The zero-order valence-corrected chi connectivity index (χ0v) is 13.9. The van der Waals surface area contributed by atoms with Gasteiger partial charge in [0.1, 0.15) is 5.75 Å². The van der Waals surface area contributed by atoms with Crippen molar-refractivity contribution < 1.29 is 9.53 Å². The maximum atomic E-state index is 12.1. The van der Waals surface area contributed by atoms with Crippen LogP contribution in [0, 0.1) is 0 Å². The monoisotopic (exact) mass is 312 g/mol. The van der Waals surface area contributed by atoms with Crippen molar-refractivity contribution in [2.75, 3.05) is 19.0 Å². The van der Waals surface area contributed by atoms with Crippen LogP contribution >= 0.6 is 0 Å². The third kappa shape index (κ3) is 4.83. The molecule has 1 amide bonds. The van der Waals surface area contributed by atoms with E-state index in [-0.39, 0.29) is 12.5 Å². The normalized spacial score (nSPS) is 10.6. The lowest BCUT2D eigenvalue weighted by atomic mass is 10.0. The molecule has 0 fully saturated rings. The Labute approximate surface area is 137 Å². The highest BCUT2D eigenvalue weighted by Gasteiger charge is 2.09. The summed E-state index contributed by atoms with van der Waals surface area (Å²) >= 11 is 0. The van der Waals surface area contributed by atoms with Crippen molar-refractivity contribution in [3.05, 3.63) is 59.7 Å². The minimum atomic E-state index is -0.0482. The summed E-state index contributed by atoms with van der Waals surface area (Å²) in [7, 11) is 1.65. The van der Waals surface area contributed by atoms with Gasteiger partial charge in [0.2, 0.25) is 5.91 Å². The maximum Gasteiger partial charge on any atom is 0.238 e. The number of rotatable bonds is 7. The van der Waals surface area contributed by atoms with Crippen molar-refractivity contribution in [3.8, 4) is 5.75 Å². The Kier molecular flexibility index (Phi) is 6.18. The minimum Gasteiger partial charge on any atom is -0.496 e. The fraction of sp³-hybridized carbons (Fsp3) is 0.316. The average Bonchev–Trinajstić information content (AvgIpc) is 2.55. The van der Waals surface area contributed by atoms with Gasteiger partial charge >= 0.3 is 0 Å². The molecule has 0 unspecified atom stereocenters. The Hall–Kier alpha value is -2.33. The van der Waals surface area contributed by atoms with Crippen LogP contribution in [0.25, 0.3) is 0 Å². The third-order valence-electron chi connectivity index (χ3n) is 3.65. The maximum absolute atomic E-state index is 12.1. The van der Waals surface area contributed by atoms with Crippen LogP contribution < -0.4 is 15.4 Å². The van der Waals surface area contributed by atoms with Gasteiger partial charge in [0, 0.05) is 17.8 Å². The average molecular weight is 312 g/mol. The highest BCUT2D eigenvalue weighted by atomic mass is 16.5. The van der Waals surface area contributed by atoms with E-state index in [1.807, 2.05) is 48.5 Å². The van der Waals surface area contributed by atoms with Crippen molar-refractivity contribution in [1.29, 1.82) is 0 Å². The summed E-state index contributed by atoms with van der Waals surface area (Å²) in [6, 6.07) is 15.7. The van der Waals surface area contributed by atoms with Crippen LogP contribution in [0.15, 0.2) is 48.5 Å². The Morgan fingerprint density at radius 1 is 1.09 bits per heavy atom. The lowest BCUT2D eigenvalue weighted by molar-refractivity contribution is -0.115. The lowest BCUT2D eigenvalue weighted by Crippen LogP contribution is -2.28. The summed E-state index contributed by atoms with van der Waals surface area (Å²) in [5.41, 5.74) is 3.06. The molecule has 0 spiro atoms. The lowest BCUT2D eigenvalue weighted by Gasteiger charge is -2.14. The molecule has 0 saturated heterocycles. The van der Waals surface area contributed by atoms with Gasteiger partial charge in [0.15, 0.2) is 0 Å². The third-order valence-corrected chi connectivity index (χ3v) is 3.65. The SMILES string of the molecule is COc1ccccc1CNCC(=O)Nc1ccccc1C(C)C. The number of nitrogens with one attached hydrogen (secondary N) is 2. The van der Waals surface area contributed by atoms with Gasteiger partial charge in [0.25, 0.3) is 0 Å². The van der Waals surface area contributed by atoms with Crippen molar-refractivity contribution >= 4 is 11.6 Å². The molecule has 0 atom stereocenters. The van der Waals surface area contributed by atoms with E-state index in [1.54, 1.807) is 7.11 Å². The predicted molar refractivity (Wildman–Crippen MR) is 93.9 cm³/mol. The second kappa shape index (κ2) is 8.34. The number of ether oxygens (including phenoxy) is 1. The second-order valence-electron chi connectivity index (χ2n) is 5.71. The van der Waals surface area contributed by atoms with Gasteiger partial charge in [-0.25, -0.2) is 0 Å². The molecule has 4 nitrogen and oxygen atoms in total. The van der Waals surface area contributed by atoms with E-state index >= 15 is 0 Å². The number of amides is 1. The highest BCUT2D eigenvalue weighted by molar-refractivity contribution is 5.93. The van der Waals surface area contributed by atoms with Crippen LogP contribution in [0.4, 0.5) is 5.69 Å². The molecule has 2 aromatic carbocycles. The van der Waals surface area contributed by atoms with Crippen molar-refractivity contribution in [2.45, 2.75) is 26.3 Å². The van der Waals surface area contributed by atoms with Crippen LogP contribution in [0.5, 0.6) is 5.75 Å². The second-order valence-corrected chi connectivity index (χ2v) is 5.71. The van der Waals surface area contributed by atoms with Crippen LogP contribution in [0.3, 0.4) is 0 Å². The van der Waals surface area contributed by atoms with Crippen LogP contribution in [-0.4, -0.2) is 19.6 Å². The standard InChI is InChI=1S/C19H24N2O2/c1-14(2)16-9-5-6-10-17(16)21-19(22)13-20-12-15-8-4-7-11-18(15)23-3/h4-11,14,20H,12-13H2,1-3H3,(H,21,22). The molecule has 0 aliphatic rings. The first-order valence-corrected chi connectivity index (χ1v) is 7.83. The van der Waals surface area contributed by atoms with E-state index in [9.17, 15) is 4.79 Å². The van der Waals surface area contributed by atoms with Gasteiger partial charge < -0.3 is 15.4 Å². The molecule has 0 aliphatic carbocycles. The summed E-state index contributed by atoms with van der Waals surface area (Å²) in [6.45, 7) is 5.07. The molecule has 0 radical (unpaired) electrons. The number of hydrogen-bond donors (Lipinski definition) is 2. The van der Waals surface area contributed by atoms with E-state index in [1.165, 1.54) is 0 Å². The van der Waals surface area contributed by atoms with Gasteiger partial charge in [-0.15, -0.1) is 0 Å². The Bertz CT molecular complexity index is 653. The van der Waals surface area contributed by atoms with E-state index in [2.05, 4.69) is 24.5 Å². The summed E-state index contributed by atoms with van der Waals surface area (Å²) in [5, 5.41) is 6.13. The molecule has 0 heterocycles. The number of benzene rings is 2. The molecule has 0 aromatic heterocycles. The van der Waals surface area contributed by atoms with Crippen molar-refractivity contribution in [3.63, 3.8) is 0 Å². The van der Waals surface area contributed by atoms with Crippen LogP contribution in [-0.2, 0) is 11.3 Å². The fourth-order valence-corrected chi connectivity index (χ4v) is 2.47. The molecule has 0 aliphatic heterocycles. The van der Waals surface area contributed by atoms with Crippen molar-refractivity contribution in [2.24, 2.45) is 0 Å². The molecular formula is C19H24N2O2. The largest absolute Gasteiger partial charge is 0.496 e. The van der Waals surface area contributed by atoms with E-state index in [4.69, 9.17) is 4.74 Å². The molecule has 2 N–H and O–H groups in total. The first kappa shape index (κ1) is 17.0. The van der Waals surface area contributed by atoms with E-state index < -0.39 is 0 Å². The van der Waals surface area contributed by atoms with Gasteiger partial charge in [-0.3, -0.25) is 4.79 Å². The molecule has 2 rings (SSSR count).